The summed E-state index contributed by atoms with van der Waals surface area (Å²) in [6.45, 7) is 1.31. The Morgan fingerprint density at radius 2 is 2.06 bits per heavy atom. The lowest BCUT2D eigenvalue weighted by molar-refractivity contribution is 0.213. The van der Waals surface area contributed by atoms with Gasteiger partial charge in [-0.25, -0.2) is 4.39 Å². The monoisotopic (exact) mass is 258 g/mol. The van der Waals surface area contributed by atoms with Gasteiger partial charge < -0.3 is 5.73 Å². The van der Waals surface area contributed by atoms with Crippen molar-refractivity contribution in [2.45, 2.75) is 25.4 Å². The number of hydrogen-bond acceptors (Lipinski definition) is 2. The van der Waals surface area contributed by atoms with Gasteiger partial charge in [0.2, 0.25) is 0 Å². The molecule has 0 aliphatic heterocycles. The highest BCUT2D eigenvalue weighted by Crippen LogP contribution is 2.34. The lowest BCUT2D eigenvalue weighted by Crippen LogP contribution is -2.39. The van der Waals surface area contributed by atoms with Gasteiger partial charge in [-0.05, 0) is 31.9 Å². The van der Waals surface area contributed by atoms with E-state index in [2.05, 4.69) is 4.90 Å². The molecule has 0 radical (unpaired) electrons. The van der Waals surface area contributed by atoms with Crippen LogP contribution < -0.4 is 5.73 Å². The molecule has 2 N–H and O–H groups in total. The van der Waals surface area contributed by atoms with Crippen molar-refractivity contribution >= 4 is 12.4 Å². The molecule has 1 aromatic rings. The molecular formula is C13H20ClFN2. The highest BCUT2D eigenvalue weighted by Gasteiger charge is 2.32. The Morgan fingerprint density at radius 3 is 2.59 bits per heavy atom. The van der Waals surface area contributed by atoms with Crippen molar-refractivity contribution in [3.8, 4) is 0 Å². The summed E-state index contributed by atoms with van der Waals surface area (Å²) in [5, 5.41) is 0. The van der Waals surface area contributed by atoms with Crippen molar-refractivity contribution in [1.82, 2.24) is 4.90 Å². The standard InChI is InChI=1S/C13H19FN2.ClH/c1-16(13(8-15)10-6-7-10)9-11-4-2-3-5-12(11)14;/h2-5,10,13H,6-9,15H2,1H3;1H. The molecule has 17 heavy (non-hydrogen) atoms. The van der Waals surface area contributed by atoms with Crippen LogP contribution in [0.1, 0.15) is 18.4 Å². The molecule has 1 aromatic carbocycles. The molecule has 1 unspecified atom stereocenters. The smallest absolute Gasteiger partial charge is 0.127 e. The fourth-order valence-electron chi connectivity index (χ4n) is 2.23. The molecule has 2 rings (SSSR count). The average molecular weight is 259 g/mol. The maximum atomic E-state index is 13.5. The number of halogens is 2. The van der Waals surface area contributed by atoms with Gasteiger partial charge in [0.1, 0.15) is 5.82 Å². The Kier molecular flexibility index (Phi) is 5.37. The van der Waals surface area contributed by atoms with Crippen LogP contribution in [0.3, 0.4) is 0 Å². The number of nitrogens with two attached hydrogens (primary N) is 1. The van der Waals surface area contributed by atoms with Crippen LogP contribution in [-0.2, 0) is 6.54 Å². The molecular weight excluding hydrogens is 239 g/mol. The van der Waals surface area contributed by atoms with Crippen molar-refractivity contribution in [2.75, 3.05) is 13.6 Å². The maximum absolute atomic E-state index is 13.5. The van der Waals surface area contributed by atoms with E-state index < -0.39 is 0 Å². The lowest BCUT2D eigenvalue weighted by Gasteiger charge is -2.27. The molecule has 1 aliphatic carbocycles. The van der Waals surface area contributed by atoms with Gasteiger partial charge in [0.25, 0.3) is 0 Å². The molecule has 1 saturated carbocycles. The van der Waals surface area contributed by atoms with Crippen molar-refractivity contribution in [3.05, 3.63) is 35.6 Å². The molecule has 96 valence electrons. The van der Waals surface area contributed by atoms with E-state index in [4.69, 9.17) is 5.73 Å². The summed E-state index contributed by atoms with van der Waals surface area (Å²) in [6.07, 6.45) is 2.53. The normalized spacial score (nSPS) is 16.7. The first-order chi connectivity index (χ1) is 7.72. The zero-order valence-electron chi connectivity index (χ0n) is 10.1. The van der Waals surface area contributed by atoms with E-state index in [9.17, 15) is 4.39 Å². The molecule has 2 nitrogen and oxygen atoms in total. The SMILES string of the molecule is CN(Cc1ccccc1F)C(CN)C1CC1.Cl. The summed E-state index contributed by atoms with van der Waals surface area (Å²) in [4.78, 5) is 2.18. The van der Waals surface area contributed by atoms with Crippen LogP contribution >= 0.6 is 12.4 Å². The summed E-state index contributed by atoms with van der Waals surface area (Å²) >= 11 is 0. The van der Waals surface area contributed by atoms with Crippen LogP contribution in [0.5, 0.6) is 0 Å². The summed E-state index contributed by atoms with van der Waals surface area (Å²) in [7, 11) is 2.03. The quantitative estimate of drug-likeness (QED) is 0.879. The van der Waals surface area contributed by atoms with Gasteiger partial charge in [-0.15, -0.1) is 12.4 Å². The van der Waals surface area contributed by atoms with Crippen LogP contribution in [0.25, 0.3) is 0 Å². The lowest BCUT2D eigenvalue weighted by atomic mass is 10.1. The molecule has 1 fully saturated rings. The number of hydrogen-bond donors (Lipinski definition) is 1. The van der Waals surface area contributed by atoms with Crippen LogP contribution in [-0.4, -0.2) is 24.5 Å². The third-order valence-electron chi connectivity index (χ3n) is 3.35. The Hall–Kier alpha value is -0.640. The van der Waals surface area contributed by atoms with Crippen LogP contribution in [0, 0.1) is 11.7 Å². The van der Waals surface area contributed by atoms with E-state index in [1.165, 1.54) is 18.9 Å². The van der Waals surface area contributed by atoms with Gasteiger partial charge in [0, 0.05) is 24.7 Å². The molecule has 4 heteroatoms. The summed E-state index contributed by atoms with van der Waals surface area (Å²) in [5.74, 6) is 0.600. The Labute approximate surface area is 108 Å². The fraction of sp³-hybridized carbons (Fsp3) is 0.538. The third kappa shape index (κ3) is 3.66. The van der Waals surface area contributed by atoms with Gasteiger partial charge in [0.15, 0.2) is 0 Å². The molecule has 1 aliphatic rings. The van der Waals surface area contributed by atoms with Crippen molar-refractivity contribution < 1.29 is 4.39 Å². The number of likely N-dealkylation sites (N-methyl/N-ethyl adjacent to an activating group) is 1. The number of rotatable bonds is 5. The average Bonchev–Trinajstić information content (AvgIpc) is 3.07. The molecule has 0 amide bonds. The topological polar surface area (TPSA) is 29.3 Å². The van der Waals surface area contributed by atoms with E-state index in [-0.39, 0.29) is 18.2 Å². The van der Waals surface area contributed by atoms with Gasteiger partial charge in [-0.3, -0.25) is 4.90 Å². The van der Waals surface area contributed by atoms with E-state index in [0.717, 1.165) is 11.5 Å². The minimum atomic E-state index is -0.124. The van der Waals surface area contributed by atoms with Gasteiger partial charge in [0.05, 0.1) is 0 Å². The minimum Gasteiger partial charge on any atom is -0.329 e. The molecule has 0 aromatic heterocycles. The second-order valence-electron chi connectivity index (χ2n) is 4.65. The highest BCUT2D eigenvalue weighted by atomic mass is 35.5. The van der Waals surface area contributed by atoms with Gasteiger partial charge in [-0.2, -0.15) is 0 Å². The largest absolute Gasteiger partial charge is 0.329 e. The molecule has 0 heterocycles. The number of nitrogens with zero attached hydrogens (tertiary/aromatic N) is 1. The van der Waals surface area contributed by atoms with Crippen molar-refractivity contribution in [3.63, 3.8) is 0 Å². The zero-order chi connectivity index (χ0) is 11.5. The number of benzene rings is 1. The van der Waals surface area contributed by atoms with Crippen molar-refractivity contribution in [1.29, 1.82) is 0 Å². The second-order valence-corrected chi connectivity index (χ2v) is 4.65. The third-order valence-corrected chi connectivity index (χ3v) is 3.35. The summed E-state index contributed by atoms with van der Waals surface area (Å²) < 4.78 is 13.5. The Morgan fingerprint density at radius 1 is 1.41 bits per heavy atom. The summed E-state index contributed by atoms with van der Waals surface area (Å²) in [6, 6.07) is 7.35. The fourth-order valence-corrected chi connectivity index (χ4v) is 2.23. The van der Waals surface area contributed by atoms with E-state index in [0.29, 0.717) is 19.1 Å². The molecule has 0 spiro atoms. The Balaban J connectivity index is 0.00000144. The minimum absolute atomic E-state index is 0. The first kappa shape index (κ1) is 14.4. The van der Waals surface area contributed by atoms with E-state index in [1.54, 1.807) is 6.07 Å². The van der Waals surface area contributed by atoms with Crippen LogP contribution in [0.2, 0.25) is 0 Å². The van der Waals surface area contributed by atoms with E-state index in [1.807, 2.05) is 19.2 Å². The molecule has 1 atom stereocenters. The predicted molar refractivity (Wildman–Crippen MR) is 70.7 cm³/mol. The predicted octanol–water partition coefficient (Wildman–Crippen LogP) is 2.42. The molecule has 0 bridgehead atoms. The first-order valence-corrected chi connectivity index (χ1v) is 5.86. The first-order valence-electron chi connectivity index (χ1n) is 5.86. The Bertz CT molecular complexity index is 355. The van der Waals surface area contributed by atoms with E-state index >= 15 is 0 Å². The summed E-state index contributed by atoms with van der Waals surface area (Å²) in [5.41, 5.74) is 6.52. The maximum Gasteiger partial charge on any atom is 0.127 e. The molecule has 0 saturated heterocycles. The van der Waals surface area contributed by atoms with Gasteiger partial charge >= 0.3 is 0 Å². The van der Waals surface area contributed by atoms with Crippen LogP contribution in [0.15, 0.2) is 24.3 Å². The van der Waals surface area contributed by atoms with Crippen molar-refractivity contribution in [2.24, 2.45) is 11.7 Å². The second kappa shape index (κ2) is 6.34. The van der Waals surface area contributed by atoms with Gasteiger partial charge in [-0.1, -0.05) is 18.2 Å². The zero-order valence-corrected chi connectivity index (χ0v) is 10.9. The highest BCUT2D eigenvalue weighted by molar-refractivity contribution is 5.85. The van der Waals surface area contributed by atoms with Crippen LogP contribution in [0.4, 0.5) is 4.39 Å².